The molecule has 2 aromatic rings. The number of aromatic nitrogens is 4. The maximum absolute atomic E-state index is 9.93. The Morgan fingerprint density at radius 3 is 2.72 bits per heavy atom. The van der Waals surface area contributed by atoms with Crippen LogP contribution in [0, 0.1) is 0 Å². The third-order valence-corrected chi connectivity index (χ3v) is 3.14. The van der Waals surface area contributed by atoms with Crippen LogP contribution in [0.5, 0.6) is 0 Å². The summed E-state index contributed by atoms with van der Waals surface area (Å²) in [5.74, 6) is 0.264. The Kier molecular flexibility index (Phi) is 2.44. The number of nitrogens with zero attached hydrogens (tertiary/aromatic N) is 4. The van der Waals surface area contributed by atoms with Crippen molar-refractivity contribution in [2.24, 2.45) is 0 Å². The molecule has 0 bridgehead atoms. The monoisotopic (exact) mass is 251 g/mol. The van der Waals surface area contributed by atoms with Crippen molar-refractivity contribution in [3.8, 4) is 0 Å². The predicted molar refractivity (Wildman–Crippen MR) is 61.3 cm³/mol. The summed E-state index contributed by atoms with van der Waals surface area (Å²) in [6.45, 7) is 1.69. The highest BCUT2D eigenvalue weighted by Crippen LogP contribution is 2.31. The van der Waals surface area contributed by atoms with Crippen LogP contribution in [0.15, 0.2) is 12.7 Å². The Labute approximate surface area is 102 Å². The van der Waals surface area contributed by atoms with Gasteiger partial charge in [-0.05, 0) is 6.92 Å². The molecule has 3 rings (SSSR count). The topological polar surface area (TPSA) is 119 Å². The zero-order chi connectivity index (χ0) is 12.9. The average molecular weight is 251 g/mol. The van der Waals surface area contributed by atoms with Gasteiger partial charge in [-0.25, -0.2) is 15.0 Å². The minimum absolute atomic E-state index is 0.264. The molecule has 96 valence electrons. The highest BCUT2D eigenvalue weighted by atomic mass is 16.6. The van der Waals surface area contributed by atoms with Crippen LogP contribution in [0.4, 0.5) is 5.82 Å². The van der Waals surface area contributed by atoms with Crippen molar-refractivity contribution in [3.63, 3.8) is 0 Å². The molecule has 1 aliphatic heterocycles. The molecule has 0 aromatic carbocycles. The van der Waals surface area contributed by atoms with Crippen molar-refractivity contribution in [2.45, 2.75) is 31.5 Å². The fourth-order valence-electron chi connectivity index (χ4n) is 2.11. The van der Waals surface area contributed by atoms with Crippen molar-refractivity contribution in [1.29, 1.82) is 0 Å². The van der Waals surface area contributed by atoms with Gasteiger partial charge >= 0.3 is 0 Å². The van der Waals surface area contributed by atoms with Crippen LogP contribution in [-0.2, 0) is 4.74 Å². The van der Waals surface area contributed by atoms with E-state index in [1.54, 1.807) is 11.5 Å². The molecule has 4 N–H and O–H groups in total. The lowest BCUT2D eigenvalue weighted by Gasteiger charge is -2.16. The Balaban J connectivity index is 2.08. The van der Waals surface area contributed by atoms with Crippen LogP contribution in [0.1, 0.15) is 13.2 Å². The average Bonchev–Trinajstić information content (AvgIpc) is 2.88. The number of ether oxygens (including phenoxy) is 1. The van der Waals surface area contributed by atoms with Crippen molar-refractivity contribution in [3.05, 3.63) is 12.7 Å². The lowest BCUT2D eigenvalue weighted by Crippen LogP contribution is -2.30. The molecule has 2 aromatic heterocycles. The fraction of sp³-hybridized carbons (Fsp3) is 0.500. The summed E-state index contributed by atoms with van der Waals surface area (Å²) >= 11 is 0. The number of aliphatic hydroxyl groups is 2. The molecule has 3 heterocycles. The van der Waals surface area contributed by atoms with E-state index in [9.17, 15) is 10.2 Å². The Morgan fingerprint density at radius 1 is 1.28 bits per heavy atom. The molecule has 8 nitrogen and oxygen atoms in total. The second kappa shape index (κ2) is 3.87. The highest BCUT2D eigenvalue weighted by molar-refractivity contribution is 5.81. The van der Waals surface area contributed by atoms with E-state index in [0.717, 1.165) is 0 Å². The maximum Gasteiger partial charge on any atom is 0.167 e. The zero-order valence-corrected chi connectivity index (χ0v) is 9.63. The summed E-state index contributed by atoms with van der Waals surface area (Å²) in [6, 6.07) is 0. The molecular formula is C10H13N5O3. The third-order valence-electron chi connectivity index (χ3n) is 3.14. The van der Waals surface area contributed by atoms with Gasteiger partial charge in [-0.3, -0.25) is 4.57 Å². The molecule has 1 fully saturated rings. The smallest absolute Gasteiger partial charge is 0.167 e. The van der Waals surface area contributed by atoms with Crippen molar-refractivity contribution in [1.82, 2.24) is 19.5 Å². The number of nitrogens with two attached hydrogens (primary N) is 1. The quantitative estimate of drug-likeness (QED) is 0.597. The minimum Gasteiger partial charge on any atom is -0.388 e. The zero-order valence-electron chi connectivity index (χ0n) is 9.63. The first kappa shape index (κ1) is 11.3. The standard InChI is InChI=1S/C10H13N5O3/c1-4-6(16)7(17)10(18-4)15-3-14-5-8(11)12-2-13-9(5)15/h2-4,6-7,10,16-17H,1H3,(H2,11,12,13)/t4-,6+,7-,10+/m0/s1. The van der Waals surface area contributed by atoms with Gasteiger partial charge in [0.2, 0.25) is 0 Å². The van der Waals surface area contributed by atoms with Gasteiger partial charge in [0.05, 0.1) is 12.4 Å². The van der Waals surface area contributed by atoms with Gasteiger partial charge in [-0.1, -0.05) is 0 Å². The summed E-state index contributed by atoms with van der Waals surface area (Å²) < 4.78 is 7.05. The lowest BCUT2D eigenvalue weighted by molar-refractivity contribution is -0.0299. The molecule has 0 aliphatic carbocycles. The van der Waals surface area contributed by atoms with Crippen molar-refractivity contribution >= 4 is 17.0 Å². The van der Waals surface area contributed by atoms with Gasteiger partial charge in [-0.15, -0.1) is 0 Å². The van der Waals surface area contributed by atoms with Gasteiger partial charge in [0.15, 0.2) is 17.7 Å². The molecule has 0 amide bonds. The Morgan fingerprint density at radius 2 is 2.06 bits per heavy atom. The maximum atomic E-state index is 9.93. The first-order chi connectivity index (χ1) is 8.59. The third kappa shape index (κ3) is 1.47. The molecule has 0 spiro atoms. The van der Waals surface area contributed by atoms with Crippen LogP contribution < -0.4 is 5.73 Å². The lowest BCUT2D eigenvalue weighted by atomic mass is 10.1. The number of rotatable bonds is 1. The van der Waals surface area contributed by atoms with E-state index >= 15 is 0 Å². The number of nitrogen functional groups attached to an aromatic ring is 1. The number of hydrogen-bond donors (Lipinski definition) is 3. The number of hydrogen-bond acceptors (Lipinski definition) is 7. The summed E-state index contributed by atoms with van der Waals surface area (Å²) in [7, 11) is 0. The summed E-state index contributed by atoms with van der Waals surface area (Å²) in [4.78, 5) is 12.0. The van der Waals surface area contributed by atoms with Crippen LogP contribution >= 0.6 is 0 Å². The molecule has 1 aliphatic rings. The van der Waals surface area contributed by atoms with Gasteiger partial charge in [0, 0.05) is 0 Å². The second-order valence-electron chi connectivity index (χ2n) is 4.30. The van der Waals surface area contributed by atoms with Gasteiger partial charge < -0.3 is 20.7 Å². The normalized spacial score (nSPS) is 32.2. The first-order valence-electron chi connectivity index (χ1n) is 5.54. The first-order valence-corrected chi connectivity index (χ1v) is 5.54. The van der Waals surface area contributed by atoms with Gasteiger partial charge in [-0.2, -0.15) is 0 Å². The Hall–Kier alpha value is -1.77. The summed E-state index contributed by atoms with van der Waals surface area (Å²) in [6.07, 6.45) is -0.373. The molecular weight excluding hydrogens is 238 g/mol. The molecule has 8 heteroatoms. The number of anilines is 1. The van der Waals surface area contributed by atoms with Crippen LogP contribution in [0.3, 0.4) is 0 Å². The summed E-state index contributed by atoms with van der Waals surface area (Å²) in [5.41, 5.74) is 6.59. The highest BCUT2D eigenvalue weighted by Gasteiger charge is 2.41. The van der Waals surface area contributed by atoms with Crippen molar-refractivity contribution < 1.29 is 14.9 Å². The van der Waals surface area contributed by atoms with Crippen LogP contribution in [0.25, 0.3) is 11.2 Å². The number of imidazole rings is 1. The molecule has 4 atom stereocenters. The fourth-order valence-corrected chi connectivity index (χ4v) is 2.11. The molecule has 0 saturated carbocycles. The number of fused-ring (bicyclic) bond motifs is 1. The van der Waals surface area contributed by atoms with E-state index in [4.69, 9.17) is 10.5 Å². The molecule has 0 radical (unpaired) electrons. The minimum atomic E-state index is -1.03. The van der Waals surface area contributed by atoms with Gasteiger partial charge in [0.1, 0.15) is 24.1 Å². The largest absolute Gasteiger partial charge is 0.388 e. The molecule has 1 saturated heterocycles. The van der Waals surface area contributed by atoms with E-state index in [-0.39, 0.29) is 5.82 Å². The molecule has 0 unspecified atom stereocenters. The van der Waals surface area contributed by atoms with Gasteiger partial charge in [0.25, 0.3) is 0 Å². The number of aliphatic hydroxyl groups excluding tert-OH is 2. The Bertz CT molecular complexity index is 586. The molecule has 18 heavy (non-hydrogen) atoms. The van der Waals surface area contributed by atoms with Crippen molar-refractivity contribution in [2.75, 3.05) is 5.73 Å². The SMILES string of the molecule is C[C@@H]1O[C@@H](n2cnc3c(N)ncnc32)[C@@H](O)[C@@H]1O. The summed E-state index contributed by atoms with van der Waals surface area (Å²) in [5, 5.41) is 19.6. The van der Waals surface area contributed by atoms with E-state index in [1.165, 1.54) is 12.7 Å². The van der Waals surface area contributed by atoms with E-state index in [1.807, 2.05) is 0 Å². The van der Waals surface area contributed by atoms with E-state index < -0.39 is 24.5 Å². The van der Waals surface area contributed by atoms with Crippen LogP contribution in [-0.4, -0.2) is 48.0 Å². The predicted octanol–water partition coefficient (Wildman–Crippen LogP) is -0.952. The van der Waals surface area contributed by atoms with E-state index in [2.05, 4.69) is 15.0 Å². The second-order valence-corrected chi connectivity index (χ2v) is 4.30. The van der Waals surface area contributed by atoms with E-state index in [0.29, 0.717) is 11.2 Å². The van der Waals surface area contributed by atoms with Crippen LogP contribution in [0.2, 0.25) is 0 Å².